The van der Waals surface area contributed by atoms with Crippen LogP contribution in [0.15, 0.2) is 58.1 Å². The maximum atomic E-state index is 10.8. The van der Waals surface area contributed by atoms with E-state index in [-0.39, 0.29) is 5.41 Å². The average Bonchev–Trinajstić information content (AvgIpc) is 3.02. The van der Waals surface area contributed by atoms with Gasteiger partial charge in [-0.25, -0.2) is 0 Å². The summed E-state index contributed by atoms with van der Waals surface area (Å²) in [5.74, 6) is 0.854. The lowest BCUT2D eigenvalue weighted by atomic mass is 9.75. The summed E-state index contributed by atoms with van der Waals surface area (Å²) >= 11 is 0. The van der Waals surface area contributed by atoms with Gasteiger partial charge in [0.1, 0.15) is 17.6 Å². The molecule has 0 atom stereocenters. The first-order chi connectivity index (χ1) is 12.9. The van der Waals surface area contributed by atoms with Crippen LogP contribution >= 0.6 is 0 Å². The fourth-order valence-electron chi connectivity index (χ4n) is 3.91. The normalized spacial score (nSPS) is 18.2. The minimum absolute atomic E-state index is 0.163. The van der Waals surface area contributed by atoms with Crippen LogP contribution in [-0.4, -0.2) is 19.4 Å². The lowest BCUT2D eigenvalue weighted by Crippen LogP contribution is -2.21. The summed E-state index contributed by atoms with van der Waals surface area (Å²) in [4.78, 5) is 13.2. The molecule has 1 aromatic carbocycles. The van der Waals surface area contributed by atoms with Gasteiger partial charge in [-0.05, 0) is 73.6 Å². The molecule has 3 nitrogen and oxygen atoms in total. The second-order valence-electron chi connectivity index (χ2n) is 7.99. The van der Waals surface area contributed by atoms with Crippen LogP contribution in [-0.2, 0) is 4.79 Å². The summed E-state index contributed by atoms with van der Waals surface area (Å²) in [6.07, 6.45) is 10.7. The number of furan rings is 1. The van der Waals surface area contributed by atoms with Gasteiger partial charge < -0.3 is 9.32 Å². The number of carbonyl (C=O) groups excluding carboxylic acids is 1. The first-order valence-corrected chi connectivity index (χ1v) is 9.75. The van der Waals surface area contributed by atoms with Gasteiger partial charge in [0, 0.05) is 30.2 Å². The Morgan fingerprint density at radius 1 is 1.11 bits per heavy atom. The number of benzene rings is 1. The highest BCUT2D eigenvalue weighted by Crippen LogP contribution is 2.38. The number of anilines is 1. The van der Waals surface area contributed by atoms with E-state index in [2.05, 4.69) is 69.0 Å². The number of hydrogen-bond donors (Lipinski definition) is 0. The van der Waals surface area contributed by atoms with Crippen LogP contribution in [0, 0.1) is 5.41 Å². The number of carbonyl (C=O) groups is 1. The van der Waals surface area contributed by atoms with E-state index in [0.717, 1.165) is 54.5 Å². The van der Waals surface area contributed by atoms with Gasteiger partial charge in [0.2, 0.25) is 0 Å². The van der Waals surface area contributed by atoms with E-state index in [1.54, 1.807) is 6.08 Å². The Balaban J connectivity index is 1.85. The van der Waals surface area contributed by atoms with E-state index in [0.29, 0.717) is 0 Å². The van der Waals surface area contributed by atoms with Crippen molar-refractivity contribution in [1.29, 1.82) is 0 Å². The van der Waals surface area contributed by atoms with Crippen molar-refractivity contribution in [3.05, 3.63) is 59.4 Å². The van der Waals surface area contributed by atoms with Gasteiger partial charge in [-0.15, -0.1) is 0 Å². The van der Waals surface area contributed by atoms with E-state index in [4.69, 9.17) is 4.42 Å². The summed E-state index contributed by atoms with van der Waals surface area (Å²) in [6.45, 7) is 10.8. The standard InChI is InChI=1S/C24H29NO2/c1-5-25(6-2)21-9-8-20-14-22(27-23(20)15-21)10-7-18-13-19(11-12-26)17-24(3,4)16-18/h7-15H,5-6,16-17H2,1-4H3/b10-7+,19-11-. The predicted octanol–water partition coefficient (Wildman–Crippen LogP) is 6.16. The molecule has 0 N–H and O–H groups in total. The van der Waals surface area contributed by atoms with Crippen molar-refractivity contribution >= 4 is 29.0 Å². The lowest BCUT2D eigenvalue weighted by Gasteiger charge is -2.30. The zero-order valence-corrected chi connectivity index (χ0v) is 16.8. The number of allylic oxidation sites excluding steroid dienone is 5. The third-order valence-electron chi connectivity index (χ3n) is 5.13. The molecule has 3 rings (SSSR count). The van der Waals surface area contributed by atoms with Gasteiger partial charge >= 0.3 is 0 Å². The first kappa shape index (κ1) is 19.2. The quantitative estimate of drug-likeness (QED) is 0.455. The molecule has 1 aliphatic rings. The molecule has 142 valence electrons. The highest BCUT2D eigenvalue weighted by molar-refractivity contribution is 5.83. The summed E-state index contributed by atoms with van der Waals surface area (Å²) in [7, 11) is 0. The predicted molar refractivity (Wildman–Crippen MR) is 114 cm³/mol. The molecule has 0 bridgehead atoms. The van der Waals surface area contributed by atoms with Gasteiger partial charge in [-0.2, -0.15) is 0 Å². The average molecular weight is 364 g/mol. The zero-order chi connectivity index (χ0) is 19.4. The highest BCUT2D eigenvalue weighted by atomic mass is 16.3. The van der Waals surface area contributed by atoms with Gasteiger partial charge in [0.15, 0.2) is 0 Å². The molecule has 3 heteroatoms. The molecule has 1 aliphatic carbocycles. The van der Waals surface area contributed by atoms with Crippen molar-refractivity contribution in [2.75, 3.05) is 18.0 Å². The molecular formula is C24H29NO2. The molecule has 0 saturated carbocycles. The van der Waals surface area contributed by atoms with E-state index in [1.165, 1.54) is 11.3 Å². The fourth-order valence-corrected chi connectivity index (χ4v) is 3.91. The fraction of sp³-hybridized carbons (Fsp3) is 0.375. The Morgan fingerprint density at radius 3 is 2.59 bits per heavy atom. The second kappa shape index (κ2) is 7.99. The van der Waals surface area contributed by atoms with Gasteiger partial charge in [0.25, 0.3) is 0 Å². The topological polar surface area (TPSA) is 33.5 Å². The molecule has 0 fully saturated rings. The molecule has 1 heterocycles. The maximum absolute atomic E-state index is 10.8. The molecule has 0 aliphatic heterocycles. The van der Waals surface area contributed by atoms with Crippen LogP contribution in [0.4, 0.5) is 5.69 Å². The van der Waals surface area contributed by atoms with Gasteiger partial charge in [-0.3, -0.25) is 4.79 Å². The van der Waals surface area contributed by atoms with Gasteiger partial charge in [-0.1, -0.05) is 26.0 Å². The molecule has 0 unspecified atom stereocenters. The number of fused-ring (bicyclic) bond motifs is 1. The Bertz CT molecular complexity index is 908. The van der Waals surface area contributed by atoms with Crippen molar-refractivity contribution < 1.29 is 9.21 Å². The van der Waals surface area contributed by atoms with Crippen molar-refractivity contribution in [3.63, 3.8) is 0 Å². The molecule has 1 aromatic heterocycles. The molecule has 0 saturated heterocycles. The minimum atomic E-state index is 0.163. The molecule has 27 heavy (non-hydrogen) atoms. The number of hydrogen-bond acceptors (Lipinski definition) is 3. The summed E-state index contributed by atoms with van der Waals surface area (Å²) < 4.78 is 6.05. The van der Waals surface area contributed by atoms with E-state index in [1.807, 2.05) is 6.08 Å². The van der Waals surface area contributed by atoms with E-state index in [9.17, 15) is 4.79 Å². The van der Waals surface area contributed by atoms with Crippen LogP contribution in [0.25, 0.3) is 17.0 Å². The molecule has 0 radical (unpaired) electrons. The Labute approximate surface area is 162 Å². The van der Waals surface area contributed by atoms with E-state index < -0.39 is 0 Å². The summed E-state index contributed by atoms with van der Waals surface area (Å²) in [5.41, 5.74) is 4.59. The molecule has 2 aromatic rings. The van der Waals surface area contributed by atoms with Crippen molar-refractivity contribution in [1.82, 2.24) is 0 Å². The lowest BCUT2D eigenvalue weighted by molar-refractivity contribution is -0.104. The second-order valence-corrected chi connectivity index (χ2v) is 7.99. The Hall–Kier alpha value is -2.55. The molecule has 0 spiro atoms. The third kappa shape index (κ3) is 4.60. The van der Waals surface area contributed by atoms with Crippen LogP contribution in [0.5, 0.6) is 0 Å². The van der Waals surface area contributed by atoms with Crippen LogP contribution < -0.4 is 4.90 Å². The zero-order valence-electron chi connectivity index (χ0n) is 16.8. The first-order valence-electron chi connectivity index (χ1n) is 9.75. The van der Waals surface area contributed by atoms with Crippen LogP contribution in [0.2, 0.25) is 0 Å². The number of nitrogens with zero attached hydrogens (tertiary/aromatic N) is 1. The van der Waals surface area contributed by atoms with Crippen molar-refractivity contribution in [2.24, 2.45) is 5.41 Å². The summed E-state index contributed by atoms with van der Waals surface area (Å²) in [6, 6.07) is 8.47. The monoisotopic (exact) mass is 363 g/mol. The smallest absolute Gasteiger partial charge is 0.143 e. The molecular weight excluding hydrogens is 334 g/mol. The largest absolute Gasteiger partial charge is 0.457 e. The van der Waals surface area contributed by atoms with Crippen molar-refractivity contribution in [3.8, 4) is 0 Å². The van der Waals surface area contributed by atoms with Gasteiger partial charge in [0.05, 0.1) is 0 Å². The number of rotatable bonds is 6. The van der Waals surface area contributed by atoms with Crippen LogP contribution in [0.3, 0.4) is 0 Å². The third-order valence-corrected chi connectivity index (χ3v) is 5.13. The summed E-state index contributed by atoms with van der Waals surface area (Å²) in [5, 5.41) is 1.12. The minimum Gasteiger partial charge on any atom is -0.457 e. The Kier molecular flexibility index (Phi) is 5.69. The Morgan fingerprint density at radius 2 is 1.89 bits per heavy atom. The SMILES string of the molecule is CCN(CC)c1ccc2cc(/C=C/C3=CC(=C/C=O)/CC(C)(C)C3)oc2c1. The van der Waals surface area contributed by atoms with E-state index >= 15 is 0 Å². The number of aldehydes is 1. The van der Waals surface area contributed by atoms with Crippen molar-refractivity contribution in [2.45, 2.75) is 40.5 Å². The maximum Gasteiger partial charge on any atom is 0.143 e. The highest BCUT2D eigenvalue weighted by Gasteiger charge is 2.24. The molecule has 0 amide bonds. The van der Waals surface area contributed by atoms with Crippen LogP contribution in [0.1, 0.15) is 46.3 Å².